The van der Waals surface area contributed by atoms with E-state index in [0.29, 0.717) is 0 Å². The highest BCUT2D eigenvalue weighted by Crippen LogP contribution is 2.38. The Morgan fingerprint density at radius 3 is 2.85 bits per heavy atom. The van der Waals surface area contributed by atoms with Gasteiger partial charge in [0.2, 0.25) is 0 Å². The molecule has 0 bridgehead atoms. The zero-order valence-electron chi connectivity index (χ0n) is 11.3. The van der Waals surface area contributed by atoms with E-state index in [0.717, 1.165) is 32.7 Å². The maximum Gasteiger partial charge on any atom is 0.142 e. The van der Waals surface area contributed by atoms with Crippen molar-refractivity contribution in [1.29, 1.82) is 0 Å². The Morgan fingerprint density at radius 1 is 1.45 bits per heavy atom. The zero-order chi connectivity index (χ0) is 14.5. The van der Waals surface area contributed by atoms with Crippen LogP contribution in [0.25, 0.3) is 0 Å². The minimum atomic E-state index is 0.0405. The number of rotatable bonds is 6. The van der Waals surface area contributed by atoms with Crippen molar-refractivity contribution in [3.8, 4) is 5.75 Å². The molecule has 0 fully saturated rings. The van der Waals surface area contributed by atoms with E-state index in [2.05, 4.69) is 55.2 Å². The molecule has 0 amide bonds. The van der Waals surface area contributed by atoms with Crippen molar-refractivity contribution in [3.05, 3.63) is 43.2 Å². The van der Waals surface area contributed by atoms with Crippen LogP contribution in [0.2, 0.25) is 0 Å². The third-order valence-corrected chi connectivity index (χ3v) is 6.16. The van der Waals surface area contributed by atoms with Crippen molar-refractivity contribution in [2.24, 2.45) is 0 Å². The van der Waals surface area contributed by atoms with Gasteiger partial charge in [0.1, 0.15) is 11.4 Å². The van der Waals surface area contributed by atoms with E-state index in [9.17, 15) is 0 Å². The van der Waals surface area contributed by atoms with Crippen LogP contribution in [0.4, 0.5) is 0 Å². The Balaban J connectivity index is 2.41. The van der Waals surface area contributed by atoms with E-state index >= 15 is 0 Å². The van der Waals surface area contributed by atoms with Crippen molar-refractivity contribution < 1.29 is 4.74 Å². The Bertz CT molecular complexity index is 555. The lowest BCUT2D eigenvalue weighted by Gasteiger charge is -2.18. The Labute approximate surface area is 140 Å². The molecular weight excluding hydrogens is 404 g/mol. The number of nitrogens with zero attached hydrogens (tertiary/aromatic N) is 1. The lowest BCUT2D eigenvalue weighted by atomic mass is 10.1. The molecule has 2 rings (SSSR count). The second-order valence-corrected chi connectivity index (χ2v) is 7.50. The summed E-state index contributed by atoms with van der Waals surface area (Å²) in [7, 11) is 1.68. The van der Waals surface area contributed by atoms with Crippen LogP contribution in [0.15, 0.2) is 32.7 Å². The summed E-state index contributed by atoms with van der Waals surface area (Å²) in [6.07, 6.45) is 2.87. The second-order valence-electron chi connectivity index (χ2n) is 4.25. The molecule has 0 aromatic carbocycles. The number of hydrogen-bond donors (Lipinski definition) is 1. The van der Waals surface area contributed by atoms with Gasteiger partial charge in [-0.3, -0.25) is 4.98 Å². The van der Waals surface area contributed by atoms with Crippen LogP contribution in [0.3, 0.4) is 0 Å². The highest BCUT2D eigenvalue weighted by atomic mass is 79.9. The highest BCUT2D eigenvalue weighted by Gasteiger charge is 2.21. The van der Waals surface area contributed by atoms with E-state index in [4.69, 9.17) is 4.74 Å². The van der Waals surface area contributed by atoms with Gasteiger partial charge >= 0.3 is 0 Å². The fourth-order valence-corrected chi connectivity index (χ4v) is 4.09. The Morgan fingerprint density at radius 2 is 2.25 bits per heavy atom. The lowest BCUT2D eigenvalue weighted by molar-refractivity contribution is 0.400. The van der Waals surface area contributed by atoms with Crippen LogP contribution >= 0.6 is 43.2 Å². The SMILES string of the molecule is CCCNC(c1cc(Br)c(Br)s1)c1ncccc1OC. The van der Waals surface area contributed by atoms with Crippen LogP contribution in [-0.4, -0.2) is 18.6 Å². The molecule has 0 aliphatic heterocycles. The van der Waals surface area contributed by atoms with Gasteiger partial charge in [-0.2, -0.15) is 0 Å². The molecule has 1 atom stereocenters. The first-order valence-electron chi connectivity index (χ1n) is 6.34. The maximum absolute atomic E-state index is 5.44. The number of nitrogens with one attached hydrogen (secondary N) is 1. The van der Waals surface area contributed by atoms with Gasteiger partial charge in [0.05, 0.1) is 16.9 Å². The predicted octanol–water partition coefficient (Wildman–Crippen LogP) is 4.77. The predicted molar refractivity (Wildman–Crippen MR) is 90.6 cm³/mol. The first-order chi connectivity index (χ1) is 9.67. The van der Waals surface area contributed by atoms with E-state index in [-0.39, 0.29) is 6.04 Å². The van der Waals surface area contributed by atoms with Crippen molar-refractivity contribution in [2.45, 2.75) is 19.4 Å². The van der Waals surface area contributed by atoms with Gasteiger partial charge in [0.15, 0.2) is 0 Å². The smallest absolute Gasteiger partial charge is 0.142 e. The van der Waals surface area contributed by atoms with Gasteiger partial charge in [-0.15, -0.1) is 11.3 Å². The number of halogens is 2. The molecule has 20 heavy (non-hydrogen) atoms. The Kier molecular flexibility index (Phi) is 6.01. The number of hydrogen-bond acceptors (Lipinski definition) is 4. The van der Waals surface area contributed by atoms with E-state index in [1.807, 2.05) is 12.1 Å². The van der Waals surface area contributed by atoms with Gasteiger partial charge in [0.25, 0.3) is 0 Å². The molecule has 0 saturated carbocycles. The minimum Gasteiger partial charge on any atom is -0.495 e. The molecule has 2 heterocycles. The number of pyridine rings is 1. The molecule has 3 nitrogen and oxygen atoms in total. The summed E-state index contributed by atoms with van der Waals surface area (Å²) in [5.41, 5.74) is 0.921. The zero-order valence-corrected chi connectivity index (χ0v) is 15.3. The van der Waals surface area contributed by atoms with E-state index < -0.39 is 0 Å². The van der Waals surface area contributed by atoms with Gasteiger partial charge in [0, 0.05) is 15.5 Å². The van der Waals surface area contributed by atoms with Gasteiger partial charge in [-0.25, -0.2) is 0 Å². The number of ether oxygens (including phenoxy) is 1. The lowest BCUT2D eigenvalue weighted by Crippen LogP contribution is -2.23. The standard InChI is InChI=1S/C14H16Br2N2OS/c1-3-6-17-13(11-8-9(15)14(16)20-11)12-10(19-2)5-4-7-18-12/h4-5,7-8,13,17H,3,6H2,1-2H3. The molecule has 0 aliphatic rings. The van der Waals surface area contributed by atoms with E-state index in [1.165, 1.54) is 4.88 Å². The molecule has 0 saturated heterocycles. The van der Waals surface area contributed by atoms with Crippen molar-refractivity contribution in [1.82, 2.24) is 10.3 Å². The molecule has 0 spiro atoms. The summed E-state index contributed by atoms with van der Waals surface area (Å²) >= 11 is 8.80. The molecule has 1 N–H and O–H groups in total. The van der Waals surface area contributed by atoms with Crippen LogP contribution < -0.4 is 10.1 Å². The number of methoxy groups -OCH3 is 1. The largest absolute Gasteiger partial charge is 0.495 e. The number of thiophene rings is 1. The molecule has 1 unspecified atom stereocenters. The average molecular weight is 420 g/mol. The van der Waals surface area contributed by atoms with Gasteiger partial charge in [-0.1, -0.05) is 6.92 Å². The maximum atomic E-state index is 5.44. The molecule has 2 aromatic heterocycles. The summed E-state index contributed by atoms with van der Waals surface area (Å²) < 4.78 is 7.60. The van der Waals surface area contributed by atoms with Crippen LogP contribution in [-0.2, 0) is 0 Å². The van der Waals surface area contributed by atoms with Crippen LogP contribution in [0.1, 0.15) is 30.0 Å². The fraction of sp³-hybridized carbons (Fsp3) is 0.357. The summed E-state index contributed by atoms with van der Waals surface area (Å²) in [6, 6.07) is 6.00. The molecular formula is C14H16Br2N2OS. The molecule has 108 valence electrons. The van der Waals surface area contributed by atoms with Gasteiger partial charge < -0.3 is 10.1 Å². The van der Waals surface area contributed by atoms with Crippen LogP contribution in [0, 0.1) is 0 Å². The summed E-state index contributed by atoms with van der Waals surface area (Å²) in [4.78, 5) is 5.71. The monoisotopic (exact) mass is 418 g/mol. The summed E-state index contributed by atoms with van der Waals surface area (Å²) in [5, 5.41) is 3.54. The summed E-state index contributed by atoms with van der Waals surface area (Å²) in [5.74, 6) is 0.807. The number of aromatic nitrogens is 1. The van der Waals surface area contributed by atoms with Crippen molar-refractivity contribution in [3.63, 3.8) is 0 Å². The van der Waals surface area contributed by atoms with Crippen molar-refractivity contribution >= 4 is 43.2 Å². The quantitative estimate of drug-likeness (QED) is 0.732. The molecule has 2 aromatic rings. The first kappa shape index (κ1) is 15.9. The third kappa shape index (κ3) is 3.61. The Hall–Kier alpha value is -0.430. The third-order valence-electron chi connectivity index (χ3n) is 2.84. The van der Waals surface area contributed by atoms with E-state index in [1.54, 1.807) is 24.6 Å². The average Bonchev–Trinajstić information content (AvgIpc) is 2.79. The van der Waals surface area contributed by atoms with Gasteiger partial charge in [-0.05, 0) is 63.0 Å². The highest BCUT2D eigenvalue weighted by molar-refractivity contribution is 9.13. The second kappa shape index (κ2) is 7.54. The molecule has 0 radical (unpaired) electrons. The minimum absolute atomic E-state index is 0.0405. The molecule has 0 aliphatic carbocycles. The first-order valence-corrected chi connectivity index (χ1v) is 8.74. The van der Waals surface area contributed by atoms with Crippen LogP contribution in [0.5, 0.6) is 5.75 Å². The molecule has 6 heteroatoms. The fourth-order valence-electron chi connectivity index (χ4n) is 1.92. The van der Waals surface area contributed by atoms with Crippen molar-refractivity contribution in [2.75, 3.05) is 13.7 Å². The topological polar surface area (TPSA) is 34.2 Å². The normalized spacial score (nSPS) is 12.4. The summed E-state index contributed by atoms with van der Waals surface area (Å²) in [6.45, 7) is 3.08.